The van der Waals surface area contributed by atoms with E-state index in [0.29, 0.717) is 0 Å². The minimum Gasteiger partial charge on any atom is -0.479 e. The van der Waals surface area contributed by atoms with Gasteiger partial charge in [-0.25, -0.2) is 0 Å². The van der Waals surface area contributed by atoms with Crippen molar-refractivity contribution in [1.29, 1.82) is 0 Å². The average molecular weight is 394 g/mol. The van der Waals surface area contributed by atoms with Gasteiger partial charge in [-0.3, -0.25) is 4.79 Å². The molecule has 4 nitrogen and oxygen atoms in total. The summed E-state index contributed by atoms with van der Waals surface area (Å²) in [5.41, 5.74) is 4.23. The predicted molar refractivity (Wildman–Crippen MR) is 87.3 cm³/mol. The number of carbonyl (C=O) groups excluding carboxylic acids is 1. The minimum absolute atomic E-state index is 0.0193. The Kier molecular flexibility index (Phi) is 5.69. The SMILES string of the molecule is CC(Oc1cc(Oc2ccc(C(F)(F)F)cc2Cl)ccc1Cl)C(N)=O. The second-order valence-corrected chi connectivity index (χ2v) is 5.81. The van der Waals surface area contributed by atoms with Crippen molar-refractivity contribution in [1.82, 2.24) is 0 Å². The molecule has 2 N–H and O–H groups in total. The second kappa shape index (κ2) is 7.41. The molecule has 0 saturated heterocycles. The fourth-order valence-electron chi connectivity index (χ4n) is 1.77. The van der Waals surface area contributed by atoms with E-state index in [-0.39, 0.29) is 27.3 Å². The fourth-order valence-corrected chi connectivity index (χ4v) is 2.15. The fraction of sp³-hybridized carbons (Fsp3) is 0.188. The lowest BCUT2D eigenvalue weighted by atomic mass is 10.2. The number of rotatable bonds is 5. The van der Waals surface area contributed by atoms with Gasteiger partial charge < -0.3 is 15.2 Å². The normalized spacial score (nSPS) is 12.6. The Morgan fingerprint density at radius 1 is 1.08 bits per heavy atom. The summed E-state index contributed by atoms with van der Waals surface area (Å²) in [6.45, 7) is 1.44. The van der Waals surface area contributed by atoms with E-state index in [1.54, 1.807) is 0 Å². The monoisotopic (exact) mass is 393 g/mol. The first kappa shape index (κ1) is 19.2. The van der Waals surface area contributed by atoms with E-state index in [9.17, 15) is 18.0 Å². The molecule has 0 aliphatic carbocycles. The number of halogens is 5. The van der Waals surface area contributed by atoms with Crippen LogP contribution in [-0.2, 0) is 11.0 Å². The molecule has 0 heterocycles. The molecule has 0 fully saturated rings. The lowest BCUT2D eigenvalue weighted by molar-refractivity contribution is -0.137. The predicted octanol–water partition coefficient (Wildman–Crippen LogP) is 5.06. The molecule has 25 heavy (non-hydrogen) atoms. The number of benzene rings is 2. The third-order valence-corrected chi connectivity index (χ3v) is 3.70. The molecule has 0 aliphatic rings. The van der Waals surface area contributed by atoms with Crippen molar-refractivity contribution < 1.29 is 27.4 Å². The molecule has 2 rings (SSSR count). The first-order valence-corrected chi connectivity index (χ1v) is 7.63. The highest BCUT2D eigenvalue weighted by Crippen LogP contribution is 2.38. The van der Waals surface area contributed by atoms with Crippen LogP contribution in [0.4, 0.5) is 13.2 Å². The average Bonchev–Trinajstić information content (AvgIpc) is 2.51. The van der Waals surface area contributed by atoms with E-state index in [0.717, 1.165) is 18.2 Å². The zero-order valence-corrected chi connectivity index (χ0v) is 14.2. The molecule has 0 aliphatic heterocycles. The summed E-state index contributed by atoms with van der Waals surface area (Å²) in [4.78, 5) is 11.1. The molecule has 1 amide bonds. The molecule has 0 spiro atoms. The Morgan fingerprint density at radius 2 is 1.76 bits per heavy atom. The van der Waals surface area contributed by atoms with Crippen molar-refractivity contribution in [3.05, 3.63) is 52.0 Å². The summed E-state index contributed by atoms with van der Waals surface area (Å²) in [7, 11) is 0. The first-order valence-electron chi connectivity index (χ1n) is 6.88. The molecule has 1 atom stereocenters. The van der Waals surface area contributed by atoms with Crippen LogP contribution in [0.5, 0.6) is 17.2 Å². The van der Waals surface area contributed by atoms with E-state index >= 15 is 0 Å². The van der Waals surface area contributed by atoms with Crippen molar-refractivity contribution >= 4 is 29.1 Å². The van der Waals surface area contributed by atoms with Gasteiger partial charge in [-0.1, -0.05) is 23.2 Å². The highest BCUT2D eigenvalue weighted by Gasteiger charge is 2.31. The number of hydrogen-bond acceptors (Lipinski definition) is 3. The Morgan fingerprint density at radius 3 is 2.32 bits per heavy atom. The molecule has 2 aromatic rings. The van der Waals surface area contributed by atoms with Crippen LogP contribution in [-0.4, -0.2) is 12.0 Å². The maximum absolute atomic E-state index is 12.6. The molecular formula is C16H12Cl2F3NO3. The molecule has 0 saturated carbocycles. The van der Waals surface area contributed by atoms with Crippen molar-refractivity contribution in [3.8, 4) is 17.2 Å². The summed E-state index contributed by atoms with van der Waals surface area (Å²) in [6, 6.07) is 7.00. The zero-order valence-electron chi connectivity index (χ0n) is 12.7. The van der Waals surface area contributed by atoms with Crippen molar-refractivity contribution in [2.75, 3.05) is 0 Å². The molecule has 9 heteroatoms. The minimum atomic E-state index is -4.51. The van der Waals surface area contributed by atoms with E-state index in [4.69, 9.17) is 38.4 Å². The number of nitrogens with two attached hydrogens (primary N) is 1. The summed E-state index contributed by atoms with van der Waals surface area (Å²) in [5, 5.41) is -0.00304. The summed E-state index contributed by atoms with van der Waals surface area (Å²) in [6.07, 6.45) is -5.43. The summed E-state index contributed by atoms with van der Waals surface area (Å²) in [5.74, 6) is -0.328. The van der Waals surface area contributed by atoms with Gasteiger partial charge in [0.1, 0.15) is 17.2 Å². The molecule has 2 aromatic carbocycles. The molecule has 0 bridgehead atoms. The summed E-state index contributed by atoms with van der Waals surface area (Å²) < 4.78 is 48.7. The lowest BCUT2D eigenvalue weighted by Crippen LogP contribution is -2.30. The van der Waals surface area contributed by atoms with Crippen LogP contribution in [0.2, 0.25) is 10.0 Å². The summed E-state index contributed by atoms with van der Waals surface area (Å²) >= 11 is 11.8. The van der Waals surface area contributed by atoms with Crippen LogP contribution in [0.1, 0.15) is 12.5 Å². The van der Waals surface area contributed by atoms with E-state index in [1.165, 1.54) is 25.1 Å². The maximum Gasteiger partial charge on any atom is 0.416 e. The Labute approximate surface area is 151 Å². The van der Waals surface area contributed by atoms with Crippen LogP contribution in [0.15, 0.2) is 36.4 Å². The maximum atomic E-state index is 12.6. The van der Waals surface area contributed by atoms with Crippen LogP contribution in [0.25, 0.3) is 0 Å². The van der Waals surface area contributed by atoms with Crippen molar-refractivity contribution in [2.24, 2.45) is 5.73 Å². The smallest absolute Gasteiger partial charge is 0.416 e. The largest absolute Gasteiger partial charge is 0.479 e. The standard InChI is InChI=1S/C16H12Cl2F3NO3/c1-8(15(22)23)24-14-7-10(3-4-11(14)17)25-13-5-2-9(6-12(13)18)16(19,20)21/h2-8H,1H3,(H2,22,23). The Bertz CT molecular complexity index is 797. The van der Waals surface area contributed by atoms with Crippen LogP contribution in [0.3, 0.4) is 0 Å². The van der Waals surface area contributed by atoms with Gasteiger partial charge in [0.25, 0.3) is 5.91 Å². The van der Waals surface area contributed by atoms with Crippen LogP contribution >= 0.6 is 23.2 Å². The van der Waals surface area contributed by atoms with Crippen molar-refractivity contribution in [3.63, 3.8) is 0 Å². The Balaban J connectivity index is 2.25. The third-order valence-electron chi connectivity index (χ3n) is 3.09. The third kappa shape index (κ3) is 4.93. The number of amides is 1. The molecule has 1 unspecified atom stereocenters. The van der Waals surface area contributed by atoms with Crippen LogP contribution < -0.4 is 15.2 Å². The molecule has 134 valence electrons. The van der Waals surface area contributed by atoms with E-state index in [1.807, 2.05) is 0 Å². The van der Waals surface area contributed by atoms with Gasteiger partial charge >= 0.3 is 6.18 Å². The van der Waals surface area contributed by atoms with Crippen molar-refractivity contribution in [2.45, 2.75) is 19.2 Å². The number of ether oxygens (including phenoxy) is 2. The van der Waals surface area contributed by atoms with E-state index in [2.05, 4.69) is 0 Å². The lowest BCUT2D eigenvalue weighted by Gasteiger charge is -2.15. The van der Waals surface area contributed by atoms with Gasteiger partial charge in [-0.05, 0) is 37.3 Å². The quantitative estimate of drug-likeness (QED) is 0.772. The molecule has 0 radical (unpaired) electrons. The number of carbonyl (C=O) groups is 1. The first-order chi connectivity index (χ1) is 11.6. The van der Waals surface area contributed by atoms with Gasteiger partial charge in [0.15, 0.2) is 6.10 Å². The zero-order chi connectivity index (χ0) is 18.8. The topological polar surface area (TPSA) is 61.6 Å². The highest BCUT2D eigenvalue weighted by atomic mass is 35.5. The van der Waals surface area contributed by atoms with Gasteiger partial charge in [-0.2, -0.15) is 13.2 Å². The van der Waals surface area contributed by atoms with E-state index < -0.39 is 23.8 Å². The van der Waals surface area contributed by atoms with Crippen LogP contribution in [0, 0.1) is 0 Å². The molecular weight excluding hydrogens is 382 g/mol. The number of primary amides is 1. The van der Waals surface area contributed by atoms with Gasteiger partial charge in [0.05, 0.1) is 15.6 Å². The van der Waals surface area contributed by atoms with Gasteiger partial charge in [0, 0.05) is 6.07 Å². The van der Waals surface area contributed by atoms with Gasteiger partial charge in [0.2, 0.25) is 0 Å². The number of alkyl halides is 3. The number of hydrogen-bond donors (Lipinski definition) is 1. The van der Waals surface area contributed by atoms with Gasteiger partial charge in [-0.15, -0.1) is 0 Å². The Hall–Kier alpha value is -2.12. The molecule has 0 aromatic heterocycles. The second-order valence-electron chi connectivity index (χ2n) is 5.00. The highest BCUT2D eigenvalue weighted by molar-refractivity contribution is 6.32.